The number of carbonyl (C=O) groups excluding carboxylic acids is 2. The van der Waals surface area contributed by atoms with Crippen molar-refractivity contribution in [1.82, 2.24) is 10.3 Å². The van der Waals surface area contributed by atoms with Crippen LogP contribution in [0.2, 0.25) is 0 Å². The van der Waals surface area contributed by atoms with E-state index in [9.17, 15) is 9.59 Å². The first-order valence-electron chi connectivity index (χ1n) is 9.10. The summed E-state index contributed by atoms with van der Waals surface area (Å²) in [5.41, 5.74) is 0.927. The van der Waals surface area contributed by atoms with E-state index in [2.05, 4.69) is 22.4 Å². The molecule has 1 heterocycles. The molecule has 0 spiro atoms. The lowest BCUT2D eigenvalue weighted by atomic mass is 9.89. The van der Waals surface area contributed by atoms with Crippen LogP contribution in [0, 0.1) is 16.7 Å². The number of carbonyl (C=O) groups is 2. The Morgan fingerprint density at radius 2 is 1.89 bits per heavy atom. The van der Waals surface area contributed by atoms with Crippen LogP contribution in [0.4, 0.5) is 0 Å². The van der Waals surface area contributed by atoms with Gasteiger partial charge in [0, 0.05) is 18.0 Å². The second kappa shape index (κ2) is 7.32. The molecule has 0 atom stereocenters. The number of Topliss-reactive ketones (excluding diaryl/α,β-unsaturated/α-hetero) is 1. The first-order chi connectivity index (χ1) is 12.8. The van der Waals surface area contributed by atoms with Crippen LogP contribution >= 0.6 is 0 Å². The van der Waals surface area contributed by atoms with Crippen LogP contribution in [0.3, 0.4) is 0 Å². The number of aromatic nitrogens is 1. The molecule has 1 fully saturated rings. The van der Waals surface area contributed by atoms with E-state index in [1.807, 2.05) is 24.3 Å². The number of hydrogen-bond donors (Lipinski definition) is 1. The van der Waals surface area contributed by atoms with Crippen LogP contribution in [-0.4, -0.2) is 22.2 Å². The molecule has 1 aromatic carbocycles. The number of nitrogens with zero attached hydrogens (tertiary/aromatic N) is 2. The minimum atomic E-state index is -0.974. The average Bonchev–Trinajstić information content (AvgIpc) is 3.43. The lowest BCUT2D eigenvalue weighted by Gasteiger charge is -2.17. The zero-order valence-electron chi connectivity index (χ0n) is 15.7. The Bertz CT molecular complexity index is 893. The number of pyridine rings is 1. The Morgan fingerprint density at radius 3 is 2.52 bits per heavy atom. The Hall–Kier alpha value is -3.00. The Labute approximate surface area is 159 Å². The van der Waals surface area contributed by atoms with Gasteiger partial charge in [0.2, 0.25) is 0 Å². The van der Waals surface area contributed by atoms with E-state index >= 15 is 0 Å². The third-order valence-electron chi connectivity index (χ3n) is 4.96. The van der Waals surface area contributed by atoms with Gasteiger partial charge in [0.15, 0.2) is 0 Å². The Kier molecular flexibility index (Phi) is 5.09. The summed E-state index contributed by atoms with van der Waals surface area (Å²) in [5, 5.41) is 11.7. The number of amides is 1. The lowest BCUT2D eigenvalue weighted by molar-refractivity contribution is -0.123. The van der Waals surface area contributed by atoms with Gasteiger partial charge in [0.1, 0.15) is 17.0 Å². The predicted molar refractivity (Wildman–Crippen MR) is 102 cm³/mol. The molecule has 1 aliphatic rings. The maximum Gasteiger partial charge on any atom is 0.271 e. The van der Waals surface area contributed by atoms with Crippen LogP contribution in [-0.2, 0) is 17.6 Å². The van der Waals surface area contributed by atoms with Gasteiger partial charge in [0.25, 0.3) is 5.91 Å². The van der Waals surface area contributed by atoms with E-state index < -0.39 is 11.4 Å². The highest BCUT2D eigenvalue weighted by molar-refractivity contribution is 5.94. The molecule has 2 aromatic rings. The van der Waals surface area contributed by atoms with Crippen LogP contribution in [0.5, 0.6) is 0 Å². The zero-order valence-corrected chi connectivity index (χ0v) is 15.7. The van der Waals surface area contributed by atoms with Crippen molar-refractivity contribution in [3.05, 3.63) is 65.5 Å². The molecule has 1 amide bonds. The van der Waals surface area contributed by atoms with Gasteiger partial charge < -0.3 is 5.32 Å². The van der Waals surface area contributed by atoms with Gasteiger partial charge in [-0.05, 0) is 56.4 Å². The molecule has 5 heteroatoms. The van der Waals surface area contributed by atoms with Crippen molar-refractivity contribution in [2.24, 2.45) is 5.41 Å². The van der Waals surface area contributed by atoms with Crippen molar-refractivity contribution in [1.29, 1.82) is 5.26 Å². The van der Waals surface area contributed by atoms with E-state index in [0.29, 0.717) is 0 Å². The summed E-state index contributed by atoms with van der Waals surface area (Å²) in [4.78, 5) is 29.3. The number of hydrogen-bond acceptors (Lipinski definition) is 4. The van der Waals surface area contributed by atoms with Gasteiger partial charge >= 0.3 is 0 Å². The molecule has 5 nitrogen and oxygen atoms in total. The van der Waals surface area contributed by atoms with Crippen molar-refractivity contribution >= 4 is 11.7 Å². The van der Waals surface area contributed by atoms with Crippen molar-refractivity contribution in [2.45, 2.75) is 45.1 Å². The maximum absolute atomic E-state index is 12.9. The number of nitriles is 1. The molecule has 1 aromatic heterocycles. The highest BCUT2D eigenvalue weighted by Gasteiger charge is 2.48. The van der Waals surface area contributed by atoms with Crippen LogP contribution in [0.15, 0.2) is 48.7 Å². The maximum atomic E-state index is 12.9. The fourth-order valence-corrected chi connectivity index (χ4v) is 3.15. The van der Waals surface area contributed by atoms with Gasteiger partial charge in [-0.2, -0.15) is 5.26 Å². The normalized spacial score (nSPS) is 14.9. The summed E-state index contributed by atoms with van der Waals surface area (Å²) in [7, 11) is 0. The number of nitrogens with one attached hydrogen (secondary N) is 1. The topological polar surface area (TPSA) is 82.9 Å². The quantitative estimate of drug-likeness (QED) is 0.820. The molecule has 0 unspecified atom stereocenters. The highest BCUT2D eigenvalue weighted by atomic mass is 16.2. The van der Waals surface area contributed by atoms with E-state index in [1.165, 1.54) is 11.8 Å². The molecule has 1 saturated carbocycles. The molecule has 1 N–H and O–H groups in total. The number of rotatable bonds is 7. The Morgan fingerprint density at radius 1 is 1.19 bits per heavy atom. The standard InChI is InChI=1S/C22H23N3O2/c1-21(2,15-23)25-20(27)18-12-17(8-11-24-18)13-19(26)22(9-10-22)14-16-6-4-3-5-7-16/h3-8,11-12H,9-10,13-14H2,1-2H3,(H,25,27). The summed E-state index contributed by atoms with van der Waals surface area (Å²) in [6.07, 6.45) is 4.41. The van der Waals surface area contributed by atoms with Gasteiger partial charge in [-0.1, -0.05) is 30.3 Å². The van der Waals surface area contributed by atoms with Gasteiger partial charge in [-0.25, -0.2) is 0 Å². The second-order valence-corrected chi connectivity index (χ2v) is 7.78. The van der Waals surface area contributed by atoms with Gasteiger partial charge in [0.05, 0.1) is 6.07 Å². The minimum absolute atomic E-state index is 0.210. The lowest BCUT2D eigenvalue weighted by Crippen LogP contribution is -2.42. The SMILES string of the molecule is CC(C)(C#N)NC(=O)c1cc(CC(=O)C2(Cc3ccccc3)CC2)ccn1. The molecule has 0 bridgehead atoms. The van der Waals surface area contributed by atoms with Crippen molar-refractivity contribution in [3.8, 4) is 6.07 Å². The minimum Gasteiger partial charge on any atom is -0.333 e. The van der Waals surface area contributed by atoms with E-state index in [4.69, 9.17) is 5.26 Å². The Balaban J connectivity index is 1.68. The van der Waals surface area contributed by atoms with Crippen LogP contribution in [0.1, 0.15) is 48.3 Å². The van der Waals surface area contributed by atoms with Crippen molar-refractivity contribution in [2.75, 3.05) is 0 Å². The second-order valence-electron chi connectivity index (χ2n) is 7.78. The van der Waals surface area contributed by atoms with Crippen molar-refractivity contribution in [3.63, 3.8) is 0 Å². The fourth-order valence-electron chi connectivity index (χ4n) is 3.15. The fraction of sp³-hybridized carbons (Fsp3) is 0.364. The molecule has 0 aliphatic heterocycles. The van der Waals surface area contributed by atoms with Gasteiger partial charge in [-0.3, -0.25) is 14.6 Å². The zero-order chi connectivity index (χ0) is 19.5. The molecule has 3 rings (SSSR count). The van der Waals surface area contributed by atoms with E-state index in [0.717, 1.165) is 24.8 Å². The van der Waals surface area contributed by atoms with E-state index in [-0.39, 0.29) is 23.3 Å². The first kappa shape index (κ1) is 18.8. The van der Waals surface area contributed by atoms with Crippen LogP contribution in [0.25, 0.3) is 0 Å². The smallest absolute Gasteiger partial charge is 0.271 e. The largest absolute Gasteiger partial charge is 0.333 e. The number of benzene rings is 1. The summed E-state index contributed by atoms with van der Waals surface area (Å²) >= 11 is 0. The van der Waals surface area contributed by atoms with E-state index in [1.54, 1.807) is 26.0 Å². The monoisotopic (exact) mass is 361 g/mol. The summed E-state index contributed by atoms with van der Waals surface area (Å²) in [6.45, 7) is 3.25. The summed E-state index contributed by atoms with van der Waals surface area (Å²) in [5.74, 6) is -0.206. The first-order valence-corrected chi connectivity index (χ1v) is 9.10. The molecule has 138 valence electrons. The molecule has 1 aliphatic carbocycles. The molecule has 0 saturated heterocycles. The average molecular weight is 361 g/mol. The predicted octanol–water partition coefficient (Wildman–Crippen LogP) is 3.25. The van der Waals surface area contributed by atoms with Gasteiger partial charge in [-0.15, -0.1) is 0 Å². The summed E-state index contributed by atoms with van der Waals surface area (Å²) < 4.78 is 0. The molecular weight excluding hydrogens is 338 g/mol. The van der Waals surface area contributed by atoms with Crippen LogP contribution < -0.4 is 5.32 Å². The van der Waals surface area contributed by atoms with Crippen molar-refractivity contribution < 1.29 is 9.59 Å². The molecular formula is C22H23N3O2. The third kappa shape index (κ3) is 4.59. The molecule has 0 radical (unpaired) electrons. The third-order valence-corrected chi connectivity index (χ3v) is 4.96. The molecule has 27 heavy (non-hydrogen) atoms. The number of ketones is 1. The highest BCUT2D eigenvalue weighted by Crippen LogP contribution is 2.49. The summed E-state index contributed by atoms with van der Waals surface area (Å²) in [6, 6.07) is 15.5.